The van der Waals surface area contributed by atoms with Crippen molar-refractivity contribution in [3.8, 4) is 11.1 Å². The van der Waals surface area contributed by atoms with Gasteiger partial charge in [-0.15, -0.1) is 0 Å². The van der Waals surface area contributed by atoms with Gasteiger partial charge in [0, 0.05) is 15.7 Å². The van der Waals surface area contributed by atoms with Crippen LogP contribution in [0.5, 0.6) is 0 Å². The summed E-state index contributed by atoms with van der Waals surface area (Å²) in [6.07, 6.45) is 0. The molecule has 0 fully saturated rings. The lowest BCUT2D eigenvalue weighted by molar-refractivity contribution is -0.384. The molecule has 2 rings (SSSR count). The molecule has 4 heteroatoms. The van der Waals surface area contributed by atoms with Crippen LogP contribution in [0.2, 0.25) is 0 Å². The summed E-state index contributed by atoms with van der Waals surface area (Å²) in [6, 6.07) is 12.8. The zero-order valence-electron chi connectivity index (χ0n) is 9.18. The monoisotopic (exact) mass is 339 g/mol. The van der Waals surface area contributed by atoms with E-state index in [0.29, 0.717) is 0 Å². The standard InChI is InChI=1S/C13H10INO2/c1-9-2-7-12(13(14)8-9)10-3-5-11(6-4-10)15(16)17/h2-8H,1H3. The van der Waals surface area contributed by atoms with Gasteiger partial charge in [0.1, 0.15) is 0 Å². The molecule has 17 heavy (non-hydrogen) atoms. The highest BCUT2D eigenvalue weighted by Gasteiger charge is 2.07. The Kier molecular flexibility index (Phi) is 3.42. The van der Waals surface area contributed by atoms with Crippen LogP contribution in [0, 0.1) is 20.6 Å². The lowest BCUT2D eigenvalue weighted by Crippen LogP contribution is -1.88. The third kappa shape index (κ3) is 2.63. The smallest absolute Gasteiger partial charge is 0.258 e. The van der Waals surface area contributed by atoms with Crippen molar-refractivity contribution < 1.29 is 4.92 Å². The summed E-state index contributed by atoms with van der Waals surface area (Å²) in [4.78, 5) is 10.2. The van der Waals surface area contributed by atoms with Crippen LogP contribution in [-0.4, -0.2) is 4.92 Å². The van der Waals surface area contributed by atoms with Crippen LogP contribution in [0.4, 0.5) is 5.69 Å². The van der Waals surface area contributed by atoms with E-state index in [2.05, 4.69) is 28.7 Å². The molecular formula is C13H10INO2. The zero-order chi connectivity index (χ0) is 12.4. The fourth-order valence-electron chi connectivity index (χ4n) is 1.62. The third-order valence-corrected chi connectivity index (χ3v) is 3.41. The Morgan fingerprint density at radius 1 is 1.12 bits per heavy atom. The first-order valence-corrected chi connectivity index (χ1v) is 6.17. The number of rotatable bonds is 2. The molecule has 0 radical (unpaired) electrons. The third-order valence-electron chi connectivity index (χ3n) is 2.51. The molecule has 0 saturated carbocycles. The molecule has 0 saturated heterocycles. The van der Waals surface area contributed by atoms with E-state index in [-0.39, 0.29) is 10.6 Å². The number of nitro benzene ring substituents is 1. The van der Waals surface area contributed by atoms with Crippen LogP contribution in [0.3, 0.4) is 0 Å². The Labute approximate surface area is 113 Å². The highest BCUT2D eigenvalue weighted by Crippen LogP contribution is 2.27. The van der Waals surface area contributed by atoms with Gasteiger partial charge in [0.15, 0.2) is 0 Å². The Balaban J connectivity index is 2.43. The average Bonchev–Trinajstić information content (AvgIpc) is 2.29. The number of nitrogens with zero attached hydrogens (tertiary/aromatic N) is 1. The fourth-order valence-corrected chi connectivity index (χ4v) is 2.60. The summed E-state index contributed by atoms with van der Waals surface area (Å²) < 4.78 is 1.15. The van der Waals surface area contributed by atoms with Crippen molar-refractivity contribution >= 4 is 28.3 Å². The minimum Gasteiger partial charge on any atom is -0.258 e. The summed E-state index contributed by atoms with van der Waals surface area (Å²) in [7, 11) is 0. The van der Waals surface area contributed by atoms with E-state index >= 15 is 0 Å². The van der Waals surface area contributed by atoms with Crippen molar-refractivity contribution in [1.29, 1.82) is 0 Å². The molecule has 2 aromatic carbocycles. The van der Waals surface area contributed by atoms with Crippen LogP contribution >= 0.6 is 22.6 Å². The molecule has 0 N–H and O–H groups in total. The van der Waals surface area contributed by atoms with Crippen molar-refractivity contribution in [2.45, 2.75) is 6.92 Å². The SMILES string of the molecule is Cc1ccc(-c2ccc([N+](=O)[O-])cc2)c(I)c1. The average molecular weight is 339 g/mol. The molecule has 0 amide bonds. The van der Waals surface area contributed by atoms with Crippen LogP contribution in [0.1, 0.15) is 5.56 Å². The number of hydrogen-bond donors (Lipinski definition) is 0. The summed E-state index contributed by atoms with van der Waals surface area (Å²) in [5.74, 6) is 0. The van der Waals surface area contributed by atoms with E-state index in [9.17, 15) is 10.1 Å². The minimum absolute atomic E-state index is 0.121. The second-order valence-corrected chi connectivity index (χ2v) is 4.95. The second-order valence-electron chi connectivity index (χ2n) is 3.79. The maximum atomic E-state index is 10.6. The van der Waals surface area contributed by atoms with E-state index in [1.165, 1.54) is 17.7 Å². The van der Waals surface area contributed by atoms with Crippen molar-refractivity contribution in [3.05, 3.63) is 61.7 Å². The maximum absolute atomic E-state index is 10.6. The van der Waals surface area contributed by atoms with Crippen LogP contribution in [-0.2, 0) is 0 Å². The largest absolute Gasteiger partial charge is 0.269 e. The molecule has 0 heterocycles. The number of non-ortho nitro benzene ring substituents is 1. The van der Waals surface area contributed by atoms with Gasteiger partial charge >= 0.3 is 0 Å². The second kappa shape index (κ2) is 4.83. The van der Waals surface area contributed by atoms with Crippen LogP contribution in [0.25, 0.3) is 11.1 Å². The van der Waals surface area contributed by atoms with Gasteiger partial charge in [-0.3, -0.25) is 10.1 Å². The van der Waals surface area contributed by atoms with Gasteiger partial charge in [-0.1, -0.05) is 17.7 Å². The number of halogens is 1. The quantitative estimate of drug-likeness (QED) is 0.468. The molecule has 0 atom stereocenters. The highest BCUT2D eigenvalue weighted by atomic mass is 127. The Hall–Kier alpha value is -1.43. The Morgan fingerprint density at radius 3 is 2.29 bits per heavy atom. The predicted octanol–water partition coefficient (Wildman–Crippen LogP) is 4.17. The van der Waals surface area contributed by atoms with Gasteiger partial charge in [-0.25, -0.2) is 0 Å². The van der Waals surface area contributed by atoms with Crippen molar-refractivity contribution in [1.82, 2.24) is 0 Å². The molecule has 0 aromatic heterocycles. The Morgan fingerprint density at radius 2 is 1.76 bits per heavy atom. The van der Waals surface area contributed by atoms with Gasteiger partial charge < -0.3 is 0 Å². The highest BCUT2D eigenvalue weighted by molar-refractivity contribution is 14.1. The van der Waals surface area contributed by atoms with E-state index in [4.69, 9.17) is 0 Å². The van der Waals surface area contributed by atoms with Crippen molar-refractivity contribution in [2.75, 3.05) is 0 Å². The summed E-state index contributed by atoms with van der Waals surface area (Å²) >= 11 is 2.28. The van der Waals surface area contributed by atoms with E-state index in [0.717, 1.165) is 14.7 Å². The normalized spacial score (nSPS) is 10.2. The van der Waals surface area contributed by atoms with E-state index < -0.39 is 0 Å². The summed E-state index contributed by atoms with van der Waals surface area (Å²) in [6.45, 7) is 2.04. The van der Waals surface area contributed by atoms with Crippen molar-refractivity contribution in [2.24, 2.45) is 0 Å². The number of benzene rings is 2. The molecule has 86 valence electrons. The summed E-state index contributed by atoms with van der Waals surface area (Å²) in [5.41, 5.74) is 3.43. The molecule has 0 spiro atoms. The molecule has 0 aliphatic rings. The molecule has 2 aromatic rings. The topological polar surface area (TPSA) is 43.1 Å². The molecule has 3 nitrogen and oxygen atoms in total. The van der Waals surface area contributed by atoms with Gasteiger partial charge in [0.25, 0.3) is 5.69 Å². The zero-order valence-corrected chi connectivity index (χ0v) is 11.3. The van der Waals surface area contributed by atoms with E-state index in [1.807, 2.05) is 19.1 Å². The molecule has 0 aliphatic carbocycles. The Bertz CT molecular complexity index is 564. The molecular weight excluding hydrogens is 329 g/mol. The molecule has 0 unspecified atom stereocenters. The van der Waals surface area contributed by atoms with Gasteiger partial charge in [-0.05, 0) is 58.8 Å². The van der Waals surface area contributed by atoms with E-state index in [1.54, 1.807) is 12.1 Å². The van der Waals surface area contributed by atoms with Crippen LogP contribution < -0.4 is 0 Å². The summed E-state index contributed by atoms with van der Waals surface area (Å²) in [5, 5.41) is 10.6. The van der Waals surface area contributed by atoms with Crippen LogP contribution in [0.15, 0.2) is 42.5 Å². The van der Waals surface area contributed by atoms with Crippen molar-refractivity contribution in [3.63, 3.8) is 0 Å². The fraction of sp³-hybridized carbons (Fsp3) is 0.0769. The number of nitro groups is 1. The lowest BCUT2D eigenvalue weighted by atomic mass is 10.0. The first kappa shape index (κ1) is 12.0. The molecule has 0 aliphatic heterocycles. The number of aryl methyl sites for hydroxylation is 1. The predicted molar refractivity (Wildman–Crippen MR) is 76.0 cm³/mol. The molecule has 0 bridgehead atoms. The first-order chi connectivity index (χ1) is 8.08. The number of hydrogen-bond acceptors (Lipinski definition) is 2. The minimum atomic E-state index is -0.385. The first-order valence-electron chi connectivity index (χ1n) is 5.09. The van der Waals surface area contributed by atoms with Gasteiger partial charge in [0.2, 0.25) is 0 Å². The maximum Gasteiger partial charge on any atom is 0.269 e. The van der Waals surface area contributed by atoms with Gasteiger partial charge in [0.05, 0.1) is 4.92 Å². The lowest BCUT2D eigenvalue weighted by Gasteiger charge is -2.05. The van der Waals surface area contributed by atoms with Gasteiger partial charge in [-0.2, -0.15) is 0 Å².